The lowest BCUT2D eigenvalue weighted by Crippen LogP contribution is -2.41. The molecule has 1 N–H and O–H groups in total. The third kappa shape index (κ3) is 2.52. The van der Waals surface area contributed by atoms with Crippen molar-refractivity contribution in [2.75, 3.05) is 19.7 Å². The van der Waals surface area contributed by atoms with Crippen LogP contribution in [0.25, 0.3) is 0 Å². The maximum atomic E-state index is 12.3. The van der Waals surface area contributed by atoms with E-state index in [-0.39, 0.29) is 18.4 Å². The third-order valence-corrected chi connectivity index (χ3v) is 3.34. The lowest BCUT2D eigenvalue weighted by molar-refractivity contribution is 0.0619. The van der Waals surface area contributed by atoms with Crippen molar-refractivity contribution in [1.82, 2.24) is 4.90 Å². The second-order valence-corrected chi connectivity index (χ2v) is 4.77. The number of piperidine rings is 1. The van der Waals surface area contributed by atoms with Crippen molar-refractivity contribution in [3.8, 4) is 0 Å². The molecule has 2 heterocycles. The second-order valence-electron chi connectivity index (χ2n) is 4.77. The summed E-state index contributed by atoms with van der Waals surface area (Å²) >= 11 is 0. The number of aliphatic hydroxyl groups excluding tert-OH is 1. The lowest BCUT2D eigenvalue weighted by atomic mass is 9.98. The van der Waals surface area contributed by atoms with Gasteiger partial charge in [-0.25, -0.2) is 0 Å². The van der Waals surface area contributed by atoms with E-state index in [4.69, 9.17) is 9.52 Å². The number of hydrogen-bond donors (Lipinski definition) is 1. The van der Waals surface area contributed by atoms with Crippen LogP contribution in [-0.4, -0.2) is 35.6 Å². The fraction of sp³-hybridized carbons (Fsp3) is 0.615. The van der Waals surface area contributed by atoms with E-state index in [1.165, 1.54) is 0 Å². The van der Waals surface area contributed by atoms with Crippen LogP contribution in [0.3, 0.4) is 0 Å². The molecule has 1 aliphatic rings. The van der Waals surface area contributed by atoms with E-state index < -0.39 is 0 Å². The van der Waals surface area contributed by atoms with Crippen LogP contribution in [0.4, 0.5) is 0 Å². The van der Waals surface area contributed by atoms with Crippen LogP contribution in [-0.2, 0) is 0 Å². The quantitative estimate of drug-likeness (QED) is 0.852. The Morgan fingerprint density at radius 2 is 2.35 bits per heavy atom. The Labute approximate surface area is 101 Å². The van der Waals surface area contributed by atoms with Crippen molar-refractivity contribution < 1.29 is 14.3 Å². The minimum atomic E-state index is 0.0255. The molecule has 0 saturated carbocycles. The van der Waals surface area contributed by atoms with Gasteiger partial charge < -0.3 is 14.4 Å². The minimum Gasteiger partial charge on any atom is -0.466 e. The summed E-state index contributed by atoms with van der Waals surface area (Å²) in [5, 5.41) is 9.16. The fourth-order valence-corrected chi connectivity index (χ4v) is 2.41. The van der Waals surface area contributed by atoms with Gasteiger partial charge in [-0.05, 0) is 38.7 Å². The molecule has 0 bridgehead atoms. The minimum absolute atomic E-state index is 0.0255. The first-order chi connectivity index (χ1) is 8.11. The molecule has 2 rings (SSSR count). The van der Waals surface area contributed by atoms with Gasteiger partial charge in [-0.1, -0.05) is 0 Å². The number of aryl methyl sites for hydroxylation is 2. The molecule has 1 saturated heterocycles. The molecule has 1 aromatic rings. The Morgan fingerprint density at radius 1 is 1.59 bits per heavy atom. The Bertz CT molecular complexity index is 411. The topological polar surface area (TPSA) is 53.7 Å². The zero-order chi connectivity index (χ0) is 12.4. The maximum Gasteiger partial charge on any atom is 0.257 e. The number of amides is 1. The van der Waals surface area contributed by atoms with Gasteiger partial charge in [0.05, 0.1) is 5.56 Å². The van der Waals surface area contributed by atoms with Crippen molar-refractivity contribution in [2.24, 2.45) is 5.92 Å². The molecule has 0 radical (unpaired) electrons. The average Bonchev–Trinajstić information content (AvgIpc) is 2.67. The van der Waals surface area contributed by atoms with Gasteiger partial charge in [-0.15, -0.1) is 0 Å². The maximum absolute atomic E-state index is 12.3. The van der Waals surface area contributed by atoms with Crippen LogP contribution in [0.2, 0.25) is 0 Å². The smallest absolute Gasteiger partial charge is 0.257 e. The molecule has 94 valence electrons. The van der Waals surface area contributed by atoms with Crippen LogP contribution < -0.4 is 0 Å². The highest BCUT2D eigenvalue weighted by Crippen LogP contribution is 2.21. The van der Waals surface area contributed by atoms with Gasteiger partial charge in [-0.3, -0.25) is 4.79 Å². The summed E-state index contributed by atoms with van der Waals surface area (Å²) in [6.07, 6.45) is 1.97. The van der Waals surface area contributed by atoms with Gasteiger partial charge in [0.1, 0.15) is 11.5 Å². The summed E-state index contributed by atoms with van der Waals surface area (Å²) in [6, 6.07) is 1.79. The van der Waals surface area contributed by atoms with Gasteiger partial charge >= 0.3 is 0 Å². The summed E-state index contributed by atoms with van der Waals surface area (Å²) < 4.78 is 5.38. The van der Waals surface area contributed by atoms with E-state index in [9.17, 15) is 4.79 Å². The Hall–Kier alpha value is -1.29. The van der Waals surface area contributed by atoms with E-state index in [1.54, 1.807) is 6.07 Å². The zero-order valence-electron chi connectivity index (χ0n) is 10.4. The van der Waals surface area contributed by atoms with E-state index >= 15 is 0 Å². The van der Waals surface area contributed by atoms with Crippen molar-refractivity contribution >= 4 is 5.91 Å². The van der Waals surface area contributed by atoms with Crippen molar-refractivity contribution in [1.29, 1.82) is 0 Å². The molecule has 1 aliphatic heterocycles. The SMILES string of the molecule is Cc1cc(C(=O)N2CCC[C@H](CO)C2)c(C)o1. The van der Waals surface area contributed by atoms with Crippen LogP contribution in [0, 0.1) is 19.8 Å². The molecular formula is C13H19NO3. The molecule has 1 amide bonds. The normalized spacial score (nSPS) is 20.6. The van der Waals surface area contributed by atoms with Gasteiger partial charge in [0, 0.05) is 19.7 Å². The fourth-order valence-electron chi connectivity index (χ4n) is 2.41. The zero-order valence-corrected chi connectivity index (χ0v) is 10.4. The molecule has 1 atom stereocenters. The van der Waals surface area contributed by atoms with Crippen LogP contribution >= 0.6 is 0 Å². The molecule has 0 spiro atoms. The summed E-state index contributed by atoms with van der Waals surface area (Å²) in [6.45, 7) is 5.25. The first-order valence-corrected chi connectivity index (χ1v) is 6.09. The van der Waals surface area contributed by atoms with Gasteiger partial charge in [0.15, 0.2) is 0 Å². The first kappa shape index (κ1) is 12.2. The number of nitrogens with zero attached hydrogens (tertiary/aromatic N) is 1. The number of furan rings is 1. The summed E-state index contributed by atoms with van der Waals surface area (Å²) in [5.41, 5.74) is 0.654. The van der Waals surface area contributed by atoms with Crippen molar-refractivity contribution in [3.63, 3.8) is 0 Å². The predicted octanol–water partition coefficient (Wildman–Crippen LogP) is 1.74. The molecule has 0 unspecified atom stereocenters. The van der Waals surface area contributed by atoms with Crippen LogP contribution in [0.1, 0.15) is 34.7 Å². The number of rotatable bonds is 2. The Kier molecular flexibility index (Phi) is 3.52. The molecule has 0 aromatic carbocycles. The van der Waals surface area contributed by atoms with Gasteiger partial charge in [-0.2, -0.15) is 0 Å². The Morgan fingerprint density at radius 3 is 2.94 bits per heavy atom. The van der Waals surface area contributed by atoms with Crippen molar-refractivity contribution in [2.45, 2.75) is 26.7 Å². The number of aliphatic hydroxyl groups is 1. The summed E-state index contributed by atoms with van der Waals surface area (Å²) in [5.74, 6) is 1.69. The molecular weight excluding hydrogens is 218 g/mol. The van der Waals surface area contributed by atoms with E-state index in [2.05, 4.69) is 0 Å². The largest absolute Gasteiger partial charge is 0.466 e. The van der Waals surface area contributed by atoms with Crippen LogP contribution in [0.15, 0.2) is 10.5 Å². The Balaban J connectivity index is 2.12. The molecule has 1 aromatic heterocycles. The van der Waals surface area contributed by atoms with Gasteiger partial charge in [0.2, 0.25) is 0 Å². The predicted molar refractivity (Wildman–Crippen MR) is 63.9 cm³/mol. The highest BCUT2D eigenvalue weighted by Gasteiger charge is 2.26. The number of carbonyl (C=O) groups excluding carboxylic acids is 1. The van der Waals surface area contributed by atoms with E-state index in [0.717, 1.165) is 25.1 Å². The van der Waals surface area contributed by atoms with Crippen molar-refractivity contribution in [3.05, 3.63) is 23.2 Å². The highest BCUT2D eigenvalue weighted by atomic mass is 16.3. The monoisotopic (exact) mass is 237 g/mol. The summed E-state index contributed by atoms with van der Waals surface area (Å²) in [4.78, 5) is 14.1. The molecule has 17 heavy (non-hydrogen) atoms. The first-order valence-electron chi connectivity index (χ1n) is 6.09. The van der Waals surface area contributed by atoms with E-state index in [0.29, 0.717) is 17.9 Å². The third-order valence-electron chi connectivity index (χ3n) is 3.34. The lowest BCUT2D eigenvalue weighted by Gasteiger charge is -2.31. The van der Waals surface area contributed by atoms with E-state index in [1.807, 2.05) is 18.7 Å². The highest BCUT2D eigenvalue weighted by molar-refractivity contribution is 5.95. The second kappa shape index (κ2) is 4.92. The molecule has 0 aliphatic carbocycles. The average molecular weight is 237 g/mol. The molecule has 4 nitrogen and oxygen atoms in total. The van der Waals surface area contributed by atoms with Crippen LogP contribution in [0.5, 0.6) is 0 Å². The van der Waals surface area contributed by atoms with Gasteiger partial charge in [0.25, 0.3) is 5.91 Å². The summed E-state index contributed by atoms with van der Waals surface area (Å²) in [7, 11) is 0. The number of likely N-dealkylation sites (tertiary alicyclic amines) is 1. The molecule has 1 fully saturated rings. The molecule has 4 heteroatoms. The number of carbonyl (C=O) groups is 1. The number of hydrogen-bond acceptors (Lipinski definition) is 3. The standard InChI is InChI=1S/C13H19NO3/c1-9-6-12(10(2)17-9)13(16)14-5-3-4-11(7-14)8-15/h6,11,15H,3-5,7-8H2,1-2H3/t11-/m0/s1.